The number of aromatic nitrogens is 1. The lowest BCUT2D eigenvalue weighted by Crippen LogP contribution is -2.51. The number of aryl methyl sites for hydroxylation is 1. The van der Waals surface area contributed by atoms with Gasteiger partial charge in [-0.1, -0.05) is 18.2 Å². The number of methoxy groups -OCH3 is 1. The molecule has 138 valence electrons. The van der Waals surface area contributed by atoms with Crippen LogP contribution in [0.1, 0.15) is 12.0 Å². The molecule has 2 aromatic heterocycles. The number of anilines is 1. The zero-order valence-electron chi connectivity index (χ0n) is 14.9. The van der Waals surface area contributed by atoms with Crippen molar-refractivity contribution in [3.8, 4) is 5.75 Å². The van der Waals surface area contributed by atoms with Crippen LogP contribution in [0.5, 0.6) is 5.75 Å². The van der Waals surface area contributed by atoms with E-state index >= 15 is 0 Å². The van der Waals surface area contributed by atoms with Gasteiger partial charge in [0.15, 0.2) is 11.6 Å². The first kappa shape index (κ1) is 19.0. The van der Waals surface area contributed by atoms with Gasteiger partial charge in [0.2, 0.25) is 0 Å². The largest absolute Gasteiger partial charge is 0.493 e. The van der Waals surface area contributed by atoms with Gasteiger partial charge < -0.3 is 15.0 Å². The summed E-state index contributed by atoms with van der Waals surface area (Å²) in [6.45, 7) is 2.91. The van der Waals surface area contributed by atoms with Crippen LogP contribution in [0.4, 0.5) is 5.82 Å². The van der Waals surface area contributed by atoms with E-state index in [0.717, 1.165) is 44.0 Å². The summed E-state index contributed by atoms with van der Waals surface area (Å²) in [6, 6.07) is 13.1. The quantitative estimate of drug-likeness (QED) is 0.711. The van der Waals surface area contributed by atoms with Gasteiger partial charge in [-0.15, -0.1) is 23.7 Å². The maximum Gasteiger partial charge on any atom is 0.171 e. The summed E-state index contributed by atoms with van der Waals surface area (Å²) in [5.41, 5.74) is 1.47. The molecule has 1 fully saturated rings. The van der Waals surface area contributed by atoms with Crippen LogP contribution in [0.3, 0.4) is 0 Å². The van der Waals surface area contributed by atoms with E-state index in [1.165, 1.54) is 15.6 Å². The molecule has 1 aliphatic rings. The fourth-order valence-corrected chi connectivity index (χ4v) is 4.54. The first-order valence-electron chi connectivity index (χ1n) is 8.77. The number of piperazine rings is 1. The molecule has 3 aromatic rings. The van der Waals surface area contributed by atoms with Gasteiger partial charge in [0, 0.05) is 36.6 Å². The topological polar surface area (TPSA) is 37.4 Å². The minimum Gasteiger partial charge on any atom is -0.493 e. The zero-order valence-corrected chi connectivity index (χ0v) is 16.5. The van der Waals surface area contributed by atoms with Crippen LogP contribution in [0.2, 0.25) is 0 Å². The fourth-order valence-electron chi connectivity index (χ4n) is 3.55. The average Bonchev–Trinajstić information content (AvgIpc) is 3.10. The van der Waals surface area contributed by atoms with Crippen molar-refractivity contribution in [2.75, 3.05) is 31.6 Å². The van der Waals surface area contributed by atoms with Crippen LogP contribution < -0.4 is 15.0 Å². The van der Waals surface area contributed by atoms with Crippen molar-refractivity contribution in [3.63, 3.8) is 0 Å². The van der Waals surface area contributed by atoms with Crippen LogP contribution in [0.25, 0.3) is 10.1 Å². The Kier molecular flexibility index (Phi) is 6.35. The Labute approximate surface area is 164 Å². The number of nitrogens with one attached hydrogen (secondary N) is 1. The minimum atomic E-state index is 0. The number of pyridine rings is 1. The molecular formula is C20H24ClN3OS. The molecule has 1 aromatic carbocycles. The van der Waals surface area contributed by atoms with Crippen LogP contribution in [0, 0.1) is 0 Å². The van der Waals surface area contributed by atoms with Gasteiger partial charge in [-0.05, 0) is 47.4 Å². The smallest absolute Gasteiger partial charge is 0.171 e. The number of hydrogen-bond acceptors (Lipinski definition) is 5. The number of ether oxygens (including phenoxy) is 1. The number of hydrogen-bond donors (Lipinski definition) is 1. The molecule has 1 saturated heterocycles. The second-order valence-electron chi connectivity index (χ2n) is 6.42. The molecule has 6 heteroatoms. The lowest BCUT2D eigenvalue weighted by molar-refractivity contribution is 0.400. The summed E-state index contributed by atoms with van der Waals surface area (Å²) in [6.07, 6.45) is 4.08. The Hall–Kier alpha value is -1.82. The highest BCUT2D eigenvalue weighted by Crippen LogP contribution is 2.28. The zero-order chi connectivity index (χ0) is 17.1. The molecule has 0 amide bonds. The van der Waals surface area contributed by atoms with E-state index in [1.54, 1.807) is 7.11 Å². The van der Waals surface area contributed by atoms with Crippen molar-refractivity contribution < 1.29 is 4.74 Å². The van der Waals surface area contributed by atoms with Crippen molar-refractivity contribution in [2.24, 2.45) is 0 Å². The van der Waals surface area contributed by atoms with Crippen molar-refractivity contribution in [1.82, 2.24) is 10.3 Å². The third-order valence-corrected chi connectivity index (χ3v) is 5.86. The Bertz CT molecular complexity index is 854. The highest BCUT2D eigenvalue weighted by molar-refractivity contribution is 7.17. The Morgan fingerprint density at radius 2 is 2.15 bits per heavy atom. The number of thiophene rings is 1. The third kappa shape index (κ3) is 3.95. The molecular weight excluding hydrogens is 366 g/mol. The molecule has 4 rings (SSSR count). The minimum absolute atomic E-state index is 0. The number of fused-ring (bicyclic) bond motifs is 1. The van der Waals surface area contributed by atoms with E-state index in [-0.39, 0.29) is 12.4 Å². The van der Waals surface area contributed by atoms with Gasteiger partial charge in [0.25, 0.3) is 0 Å². The first-order chi connectivity index (χ1) is 12.3. The molecule has 26 heavy (non-hydrogen) atoms. The number of nitrogens with zero attached hydrogens (tertiary/aromatic N) is 2. The van der Waals surface area contributed by atoms with Crippen LogP contribution >= 0.6 is 23.7 Å². The van der Waals surface area contributed by atoms with Crippen LogP contribution in [0.15, 0.2) is 48.0 Å². The van der Waals surface area contributed by atoms with Crippen LogP contribution in [-0.2, 0) is 6.42 Å². The normalized spacial score (nSPS) is 17.1. The molecule has 0 spiro atoms. The fraction of sp³-hybridized carbons (Fsp3) is 0.350. The molecule has 1 N–H and O–H groups in total. The molecule has 0 aliphatic carbocycles. The van der Waals surface area contributed by atoms with Crippen molar-refractivity contribution >= 4 is 39.6 Å². The summed E-state index contributed by atoms with van der Waals surface area (Å²) < 4.78 is 6.86. The maximum absolute atomic E-state index is 5.48. The monoisotopic (exact) mass is 389 g/mol. The van der Waals surface area contributed by atoms with E-state index in [2.05, 4.69) is 44.8 Å². The molecule has 0 saturated carbocycles. The summed E-state index contributed by atoms with van der Waals surface area (Å²) in [5.74, 6) is 1.81. The van der Waals surface area contributed by atoms with Crippen LogP contribution in [-0.4, -0.2) is 37.8 Å². The lowest BCUT2D eigenvalue weighted by Gasteiger charge is -2.35. The van der Waals surface area contributed by atoms with Gasteiger partial charge in [-0.25, -0.2) is 4.98 Å². The molecule has 0 radical (unpaired) electrons. The molecule has 1 unspecified atom stereocenters. The second-order valence-corrected chi connectivity index (χ2v) is 7.33. The third-order valence-electron chi connectivity index (χ3n) is 4.85. The summed E-state index contributed by atoms with van der Waals surface area (Å²) in [7, 11) is 1.71. The highest BCUT2D eigenvalue weighted by Gasteiger charge is 2.22. The molecule has 1 atom stereocenters. The standard InChI is InChI=1S/C20H23N3OS.ClH/c1-24-18-6-4-10-22-20(18)23-12-11-21-16(13-23)9-8-15-14-25-19-7-3-2-5-17(15)19;/h2-7,10,14,16,21H,8-9,11-13H2,1H3;1H. The highest BCUT2D eigenvalue weighted by atomic mass is 35.5. The maximum atomic E-state index is 5.48. The van der Waals surface area contributed by atoms with Crippen molar-refractivity contribution in [3.05, 3.63) is 53.5 Å². The second kappa shape index (κ2) is 8.71. The van der Waals surface area contributed by atoms with E-state index in [9.17, 15) is 0 Å². The Morgan fingerprint density at radius 3 is 3.04 bits per heavy atom. The van der Waals surface area contributed by atoms with Gasteiger partial charge in [-0.2, -0.15) is 0 Å². The molecule has 4 nitrogen and oxygen atoms in total. The Morgan fingerprint density at radius 1 is 1.27 bits per heavy atom. The van der Waals surface area contributed by atoms with Gasteiger partial charge in [-0.3, -0.25) is 0 Å². The SMILES string of the molecule is COc1cccnc1N1CCNC(CCc2csc3ccccc23)C1.Cl. The first-order valence-corrected chi connectivity index (χ1v) is 9.65. The van der Waals surface area contributed by atoms with E-state index in [4.69, 9.17) is 4.74 Å². The average molecular weight is 390 g/mol. The number of halogens is 1. The van der Waals surface area contributed by atoms with E-state index in [0.29, 0.717) is 6.04 Å². The number of rotatable bonds is 5. The van der Waals surface area contributed by atoms with E-state index < -0.39 is 0 Å². The predicted molar refractivity (Wildman–Crippen MR) is 112 cm³/mol. The molecule has 0 bridgehead atoms. The van der Waals surface area contributed by atoms with Crippen molar-refractivity contribution in [1.29, 1.82) is 0 Å². The number of benzene rings is 1. The van der Waals surface area contributed by atoms with Gasteiger partial charge in [0.05, 0.1) is 7.11 Å². The predicted octanol–water partition coefficient (Wildman–Crippen LogP) is 4.14. The summed E-state index contributed by atoms with van der Waals surface area (Å²) in [4.78, 5) is 6.87. The summed E-state index contributed by atoms with van der Waals surface area (Å²) in [5, 5.41) is 7.38. The van der Waals surface area contributed by atoms with Crippen molar-refractivity contribution in [2.45, 2.75) is 18.9 Å². The van der Waals surface area contributed by atoms with Gasteiger partial charge in [0.1, 0.15) is 0 Å². The molecule has 1 aliphatic heterocycles. The van der Waals surface area contributed by atoms with Gasteiger partial charge >= 0.3 is 0 Å². The lowest BCUT2D eigenvalue weighted by atomic mass is 10.0. The summed E-state index contributed by atoms with van der Waals surface area (Å²) >= 11 is 1.85. The molecule has 3 heterocycles. The Balaban J connectivity index is 0.00000196. The van der Waals surface area contributed by atoms with E-state index in [1.807, 2.05) is 29.7 Å².